The number of methoxy groups -OCH3 is 6. The summed E-state index contributed by atoms with van der Waals surface area (Å²) in [6.07, 6.45) is 0. The first kappa shape index (κ1) is 25.4. The minimum Gasteiger partial charge on any atom is -0.492 e. The fraction of sp³-hybridized carbons (Fsp3) is 0.400. The molecule has 2 aliphatic carbocycles. The highest BCUT2D eigenvalue weighted by molar-refractivity contribution is 8.76. The molecule has 0 atom stereocenters. The quantitative estimate of drug-likeness (QED) is 0.239. The SMILES string of the molecule is COC1=C(CSSCC2=C(OC)C(=O)C(OC)=C(OC)C2=O)C(=O)C(OC)=C(OC)C1=O. The van der Waals surface area contributed by atoms with Gasteiger partial charge >= 0.3 is 0 Å². The molecule has 0 saturated carbocycles. The number of hydrogen-bond acceptors (Lipinski definition) is 12. The third kappa shape index (κ3) is 4.51. The molecule has 0 aromatic heterocycles. The third-order valence-corrected chi connectivity index (χ3v) is 6.65. The van der Waals surface area contributed by atoms with Crippen molar-refractivity contribution in [3.05, 3.63) is 45.7 Å². The zero-order valence-corrected chi connectivity index (χ0v) is 19.9. The van der Waals surface area contributed by atoms with Gasteiger partial charge in [0.1, 0.15) is 0 Å². The number of rotatable bonds is 11. The second kappa shape index (κ2) is 11.1. The molecular formula is C20H22O10S2. The lowest BCUT2D eigenvalue weighted by Gasteiger charge is -2.21. The molecule has 0 heterocycles. The lowest BCUT2D eigenvalue weighted by Crippen LogP contribution is -2.28. The molecule has 0 amide bonds. The highest BCUT2D eigenvalue weighted by Gasteiger charge is 2.39. The smallest absolute Gasteiger partial charge is 0.266 e. The predicted octanol–water partition coefficient (Wildman–Crippen LogP) is 1.48. The number of carbonyl (C=O) groups excluding carboxylic acids is 4. The van der Waals surface area contributed by atoms with Crippen molar-refractivity contribution >= 4 is 44.7 Å². The van der Waals surface area contributed by atoms with Crippen molar-refractivity contribution in [3.63, 3.8) is 0 Å². The van der Waals surface area contributed by atoms with Gasteiger partial charge in [-0.05, 0) is 0 Å². The van der Waals surface area contributed by atoms with E-state index in [0.29, 0.717) is 0 Å². The zero-order chi connectivity index (χ0) is 24.0. The summed E-state index contributed by atoms with van der Waals surface area (Å²) in [6.45, 7) is 0. The maximum atomic E-state index is 12.7. The fourth-order valence-corrected chi connectivity index (χ4v) is 5.14. The molecule has 0 saturated heterocycles. The number of ether oxygens (including phenoxy) is 6. The Balaban J connectivity index is 2.18. The maximum Gasteiger partial charge on any atom is 0.266 e. The minimum absolute atomic E-state index is 0.0658. The van der Waals surface area contributed by atoms with Crippen LogP contribution < -0.4 is 0 Å². The van der Waals surface area contributed by atoms with Crippen LogP contribution in [0.1, 0.15) is 0 Å². The molecule has 10 nitrogen and oxygen atoms in total. The van der Waals surface area contributed by atoms with E-state index >= 15 is 0 Å². The number of carbonyl (C=O) groups is 4. The molecule has 12 heteroatoms. The second-order valence-electron chi connectivity index (χ2n) is 6.00. The van der Waals surface area contributed by atoms with E-state index < -0.39 is 23.1 Å². The van der Waals surface area contributed by atoms with Crippen LogP contribution in [0.3, 0.4) is 0 Å². The average Bonchev–Trinajstić information content (AvgIpc) is 2.79. The topological polar surface area (TPSA) is 124 Å². The van der Waals surface area contributed by atoms with Crippen molar-refractivity contribution < 1.29 is 47.6 Å². The highest BCUT2D eigenvalue weighted by atomic mass is 33.1. The Morgan fingerprint density at radius 3 is 0.938 bits per heavy atom. The Kier molecular flexibility index (Phi) is 8.84. The van der Waals surface area contributed by atoms with E-state index in [2.05, 4.69) is 0 Å². The summed E-state index contributed by atoms with van der Waals surface area (Å²) in [5, 5.41) is 0. The molecule has 0 aromatic carbocycles. The van der Waals surface area contributed by atoms with Crippen molar-refractivity contribution in [2.75, 3.05) is 54.2 Å². The molecular weight excluding hydrogens is 464 g/mol. The van der Waals surface area contributed by atoms with E-state index in [4.69, 9.17) is 28.4 Å². The average molecular weight is 487 g/mol. The molecule has 0 aromatic rings. The van der Waals surface area contributed by atoms with Crippen molar-refractivity contribution in [1.82, 2.24) is 0 Å². The predicted molar refractivity (Wildman–Crippen MR) is 115 cm³/mol. The minimum atomic E-state index is -0.605. The van der Waals surface area contributed by atoms with Crippen LogP contribution >= 0.6 is 21.6 Å². The first-order chi connectivity index (χ1) is 15.3. The zero-order valence-electron chi connectivity index (χ0n) is 18.3. The highest BCUT2D eigenvalue weighted by Crippen LogP contribution is 2.35. The lowest BCUT2D eigenvalue weighted by atomic mass is 9.99. The lowest BCUT2D eigenvalue weighted by molar-refractivity contribution is -0.123. The van der Waals surface area contributed by atoms with Crippen LogP contribution in [0.2, 0.25) is 0 Å². The number of Topliss-reactive ketones (excluding diaryl/α,β-unsaturated/α-hetero) is 4. The van der Waals surface area contributed by atoms with Crippen molar-refractivity contribution in [3.8, 4) is 0 Å². The van der Waals surface area contributed by atoms with E-state index in [1.54, 1.807) is 0 Å². The molecule has 0 fully saturated rings. The number of allylic oxidation sites excluding steroid dienone is 2. The Hall–Kier alpha value is -2.86. The number of ketones is 4. The van der Waals surface area contributed by atoms with Crippen LogP contribution in [-0.4, -0.2) is 77.3 Å². The molecule has 2 rings (SSSR count). The second-order valence-corrected chi connectivity index (χ2v) is 8.46. The van der Waals surface area contributed by atoms with E-state index in [-0.39, 0.29) is 57.2 Å². The van der Waals surface area contributed by atoms with Gasteiger partial charge in [0.15, 0.2) is 11.5 Å². The van der Waals surface area contributed by atoms with E-state index in [1.165, 1.54) is 64.2 Å². The third-order valence-electron chi connectivity index (χ3n) is 4.46. The van der Waals surface area contributed by atoms with Gasteiger partial charge in [-0.15, -0.1) is 0 Å². The van der Waals surface area contributed by atoms with Crippen LogP contribution in [-0.2, 0) is 47.6 Å². The monoisotopic (exact) mass is 486 g/mol. The first-order valence-corrected chi connectivity index (χ1v) is 11.4. The summed E-state index contributed by atoms with van der Waals surface area (Å²) in [6, 6.07) is 0. The summed E-state index contributed by atoms with van der Waals surface area (Å²) in [5.74, 6) is -3.32. The Morgan fingerprint density at radius 2 is 0.688 bits per heavy atom. The summed E-state index contributed by atoms with van der Waals surface area (Å²) >= 11 is 0. The Morgan fingerprint density at radius 1 is 0.438 bits per heavy atom. The summed E-state index contributed by atoms with van der Waals surface area (Å²) < 4.78 is 30.3. The first-order valence-electron chi connectivity index (χ1n) is 8.94. The van der Waals surface area contributed by atoms with Crippen LogP contribution in [0.15, 0.2) is 45.7 Å². The molecule has 174 valence electrons. The fourth-order valence-electron chi connectivity index (χ4n) is 3.01. The largest absolute Gasteiger partial charge is 0.492 e. The Labute approximate surface area is 192 Å². The normalized spacial score (nSPS) is 17.3. The molecule has 2 aliphatic rings. The van der Waals surface area contributed by atoms with Gasteiger partial charge in [0.25, 0.3) is 11.6 Å². The standard InChI is InChI=1S/C20H22O10S2/c1-25-15-9(11(21)17(27-3)19(29-5)13(15)23)7-31-32-8-10-12(22)18(28-4)20(30-6)14(24)16(10)26-2/h7-8H2,1-6H3. The van der Waals surface area contributed by atoms with Crippen LogP contribution in [0.25, 0.3) is 0 Å². The van der Waals surface area contributed by atoms with Gasteiger partial charge in [-0.2, -0.15) is 0 Å². The van der Waals surface area contributed by atoms with E-state index in [9.17, 15) is 19.2 Å². The van der Waals surface area contributed by atoms with E-state index in [0.717, 1.165) is 0 Å². The van der Waals surface area contributed by atoms with Crippen molar-refractivity contribution in [2.24, 2.45) is 0 Å². The Bertz CT molecular complexity index is 893. The molecule has 0 aliphatic heterocycles. The van der Waals surface area contributed by atoms with Crippen LogP contribution in [0.4, 0.5) is 0 Å². The summed E-state index contributed by atoms with van der Waals surface area (Å²) in [7, 11) is 9.93. The van der Waals surface area contributed by atoms with Gasteiger partial charge in [0.05, 0.1) is 53.8 Å². The molecule has 0 radical (unpaired) electrons. The van der Waals surface area contributed by atoms with Gasteiger partial charge in [-0.1, -0.05) is 21.6 Å². The van der Waals surface area contributed by atoms with Crippen molar-refractivity contribution in [2.45, 2.75) is 0 Å². The molecule has 32 heavy (non-hydrogen) atoms. The van der Waals surface area contributed by atoms with E-state index in [1.807, 2.05) is 0 Å². The van der Waals surface area contributed by atoms with Crippen molar-refractivity contribution in [1.29, 1.82) is 0 Å². The van der Waals surface area contributed by atoms with Crippen LogP contribution in [0, 0.1) is 0 Å². The number of hydrogen-bond donors (Lipinski definition) is 0. The molecule has 0 spiro atoms. The van der Waals surface area contributed by atoms with Gasteiger partial charge in [-0.3, -0.25) is 19.2 Å². The molecule has 0 bridgehead atoms. The summed E-state index contributed by atoms with van der Waals surface area (Å²) in [5.41, 5.74) is 0.192. The molecule has 0 unspecified atom stereocenters. The van der Waals surface area contributed by atoms with Gasteiger partial charge in [0.2, 0.25) is 34.6 Å². The van der Waals surface area contributed by atoms with Crippen LogP contribution in [0.5, 0.6) is 0 Å². The summed E-state index contributed by atoms with van der Waals surface area (Å²) in [4.78, 5) is 50.5. The van der Waals surface area contributed by atoms with Gasteiger partial charge < -0.3 is 28.4 Å². The van der Waals surface area contributed by atoms with Gasteiger partial charge in [0, 0.05) is 11.5 Å². The van der Waals surface area contributed by atoms with Gasteiger partial charge in [-0.25, -0.2) is 0 Å². The molecule has 0 N–H and O–H groups in total. The maximum absolute atomic E-state index is 12.7.